The maximum Gasteiger partial charge on any atom is 0.320 e. The molecule has 0 fully saturated rings. The number of nitrogens with two attached hydrogens (primary N) is 2. The second kappa shape index (κ2) is 18.7. The zero-order chi connectivity index (χ0) is 22.6. The lowest BCUT2D eigenvalue weighted by Crippen LogP contribution is -2.33. The zero-order valence-electron chi connectivity index (χ0n) is 16.9. The Bertz CT molecular complexity index is 519. The van der Waals surface area contributed by atoms with Crippen molar-refractivity contribution < 1.29 is 43.2 Å². The molecule has 0 bridgehead atoms. The summed E-state index contributed by atoms with van der Waals surface area (Å²) in [5.74, 6) is -2.28. The van der Waals surface area contributed by atoms with Crippen LogP contribution in [0.25, 0.3) is 0 Å². The summed E-state index contributed by atoms with van der Waals surface area (Å²) in [5, 5.41) is 13.8. The van der Waals surface area contributed by atoms with Crippen LogP contribution in [-0.2, 0) is 38.1 Å². The molecule has 0 aliphatic heterocycles. The van der Waals surface area contributed by atoms with Gasteiger partial charge in [0.25, 0.3) is 0 Å². The number of hydrogen-bond donors (Lipinski definition) is 5. The molecule has 174 valence electrons. The maximum absolute atomic E-state index is 11.5. The lowest BCUT2D eigenvalue weighted by atomic mass is 10.1. The molecule has 0 aromatic rings. The first kappa shape index (κ1) is 27.7. The van der Waals surface area contributed by atoms with Crippen molar-refractivity contribution in [2.75, 3.05) is 65.9 Å². The number of carboxylic acid groups (broad SMARTS) is 1. The normalized spacial score (nSPS) is 11.6. The average molecular weight is 436 g/mol. The highest BCUT2D eigenvalue weighted by Crippen LogP contribution is 1.94. The van der Waals surface area contributed by atoms with Crippen LogP contribution >= 0.6 is 0 Å². The number of primary amides is 1. The third-order valence-corrected chi connectivity index (χ3v) is 3.36. The molecule has 0 saturated heterocycles. The number of carboxylic acids is 1. The van der Waals surface area contributed by atoms with Crippen molar-refractivity contribution in [1.29, 1.82) is 0 Å². The smallest absolute Gasteiger partial charge is 0.320 e. The molecule has 13 nitrogen and oxygen atoms in total. The van der Waals surface area contributed by atoms with E-state index in [0.29, 0.717) is 13.2 Å². The number of amides is 3. The van der Waals surface area contributed by atoms with Gasteiger partial charge in [-0.05, 0) is 6.42 Å². The SMILES string of the molecule is NC(=O)COCCOCCNC(=O)COCCOCCNC(=O)CC[C@H](N)C(=O)O. The fourth-order valence-electron chi connectivity index (χ4n) is 1.85. The monoisotopic (exact) mass is 436 g/mol. The molecule has 0 saturated carbocycles. The second-order valence-corrected chi connectivity index (χ2v) is 5.98. The van der Waals surface area contributed by atoms with E-state index in [0.717, 1.165) is 0 Å². The van der Waals surface area contributed by atoms with Gasteiger partial charge in [-0.25, -0.2) is 0 Å². The van der Waals surface area contributed by atoms with Crippen LogP contribution in [0.15, 0.2) is 0 Å². The molecule has 0 unspecified atom stereocenters. The van der Waals surface area contributed by atoms with Crippen LogP contribution in [0.2, 0.25) is 0 Å². The van der Waals surface area contributed by atoms with Crippen LogP contribution in [0.5, 0.6) is 0 Å². The molecule has 0 radical (unpaired) electrons. The molecule has 0 aliphatic carbocycles. The van der Waals surface area contributed by atoms with E-state index in [1.165, 1.54) is 0 Å². The first-order chi connectivity index (χ1) is 14.3. The summed E-state index contributed by atoms with van der Waals surface area (Å²) in [6.07, 6.45) is 0.0925. The quantitative estimate of drug-likeness (QED) is 0.122. The van der Waals surface area contributed by atoms with Crippen molar-refractivity contribution in [3.05, 3.63) is 0 Å². The van der Waals surface area contributed by atoms with Crippen molar-refractivity contribution in [2.45, 2.75) is 18.9 Å². The largest absolute Gasteiger partial charge is 0.480 e. The minimum atomic E-state index is -1.14. The van der Waals surface area contributed by atoms with E-state index < -0.39 is 17.9 Å². The van der Waals surface area contributed by atoms with Gasteiger partial charge in [0.2, 0.25) is 17.7 Å². The van der Waals surface area contributed by atoms with E-state index >= 15 is 0 Å². The van der Waals surface area contributed by atoms with Gasteiger partial charge >= 0.3 is 5.97 Å². The van der Waals surface area contributed by atoms with Gasteiger partial charge in [0, 0.05) is 19.5 Å². The number of carbonyl (C=O) groups excluding carboxylic acids is 3. The van der Waals surface area contributed by atoms with Crippen LogP contribution in [0.3, 0.4) is 0 Å². The van der Waals surface area contributed by atoms with Crippen molar-refractivity contribution in [2.24, 2.45) is 11.5 Å². The van der Waals surface area contributed by atoms with Crippen molar-refractivity contribution in [3.63, 3.8) is 0 Å². The van der Waals surface area contributed by atoms with E-state index in [4.69, 9.17) is 35.5 Å². The number of carbonyl (C=O) groups is 4. The summed E-state index contributed by atoms with van der Waals surface area (Å²) >= 11 is 0. The lowest BCUT2D eigenvalue weighted by molar-refractivity contribution is -0.138. The van der Waals surface area contributed by atoms with Crippen molar-refractivity contribution >= 4 is 23.7 Å². The Morgan fingerprint density at radius 1 is 0.767 bits per heavy atom. The molecule has 0 aromatic carbocycles. The summed E-state index contributed by atoms with van der Waals surface area (Å²) in [4.78, 5) is 43.9. The molecular formula is C17H32N4O9. The van der Waals surface area contributed by atoms with Crippen LogP contribution in [0, 0.1) is 0 Å². The first-order valence-corrected chi connectivity index (χ1v) is 9.44. The van der Waals surface area contributed by atoms with Crippen LogP contribution < -0.4 is 22.1 Å². The van der Waals surface area contributed by atoms with E-state index in [1.807, 2.05) is 0 Å². The van der Waals surface area contributed by atoms with E-state index in [1.54, 1.807) is 0 Å². The van der Waals surface area contributed by atoms with Crippen LogP contribution in [0.4, 0.5) is 0 Å². The molecule has 0 aromatic heterocycles. The van der Waals surface area contributed by atoms with Gasteiger partial charge in [-0.3, -0.25) is 19.2 Å². The van der Waals surface area contributed by atoms with Gasteiger partial charge in [0.05, 0.1) is 39.6 Å². The Kier molecular flexibility index (Phi) is 17.2. The van der Waals surface area contributed by atoms with Crippen molar-refractivity contribution in [3.8, 4) is 0 Å². The number of rotatable bonds is 20. The number of hydrogen-bond acceptors (Lipinski definition) is 9. The topological polar surface area (TPSA) is 202 Å². The molecular weight excluding hydrogens is 404 g/mol. The summed E-state index contributed by atoms with van der Waals surface area (Å²) in [6, 6.07) is -1.05. The predicted octanol–water partition coefficient (Wildman–Crippen LogP) is -3.04. The van der Waals surface area contributed by atoms with Gasteiger partial charge in [-0.15, -0.1) is 0 Å². The second-order valence-electron chi connectivity index (χ2n) is 5.98. The Hall–Kier alpha value is -2.32. The molecule has 0 spiro atoms. The highest BCUT2D eigenvalue weighted by molar-refractivity contribution is 5.78. The Morgan fingerprint density at radius 2 is 1.27 bits per heavy atom. The summed E-state index contributed by atoms with van der Waals surface area (Å²) in [6.45, 7) is 1.85. The third kappa shape index (κ3) is 19.0. The highest BCUT2D eigenvalue weighted by Gasteiger charge is 2.13. The maximum atomic E-state index is 11.5. The Labute approximate surface area is 174 Å². The van der Waals surface area contributed by atoms with Gasteiger partial charge in [-0.2, -0.15) is 0 Å². The average Bonchev–Trinajstić information content (AvgIpc) is 2.69. The molecule has 13 heteroatoms. The summed E-state index contributed by atoms with van der Waals surface area (Å²) < 4.78 is 20.5. The summed E-state index contributed by atoms with van der Waals surface area (Å²) in [7, 11) is 0. The first-order valence-electron chi connectivity index (χ1n) is 9.44. The van der Waals surface area contributed by atoms with Gasteiger partial charge in [-0.1, -0.05) is 0 Å². The fraction of sp³-hybridized carbons (Fsp3) is 0.765. The molecule has 3 amide bonds. The van der Waals surface area contributed by atoms with Crippen LogP contribution in [0.1, 0.15) is 12.8 Å². The third-order valence-electron chi connectivity index (χ3n) is 3.36. The molecule has 1 atom stereocenters. The molecule has 0 heterocycles. The summed E-state index contributed by atoms with van der Waals surface area (Å²) in [5.41, 5.74) is 10.2. The van der Waals surface area contributed by atoms with Gasteiger partial charge < -0.3 is 46.2 Å². The molecule has 0 aliphatic rings. The fourth-order valence-corrected chi connectivity index (χ4v) is 1.85. The van der Waals surface area contributed by atoms with Crippen molar-refractivity contribution in [1.82, 2.24) is 10.6 Å². The number of nitrogens with one attached hydrogen (secondary N) is 2. The van der Waals surface area contributed by atoms with E-state index in [2.05, 4.69) is 10.6 Å². The lowest BCUT2D eigenvalue weighted by Gasteiger charge is -2.09. The van der Waals surface area contributed by atoms with Gasteiger partial charge in [0.1, 0.15) is 19.3 Å². The van der Waals surface area contributed by atoms with E-state index in [-0.39, 0.29) is 77.4 Å². The number of ether oxygens (including phenoxy) is 4. The molecule has 7 N–H and O–H groups in total. The number of aliphatic carboxylic acids is 1. The molecule has 0 rings (SSSR count). The zero-order valence-corrected chi connectivity index (χ0v) is 16.9. The molecule has 30 heavy (non-hydrogen) atoms. The Morgan fingerprint density at radius 3 is 1.80 bits per heavy atom. The van der Waals surface area contributed by atoms with Crippen LogP contribution in [-0.4, -0.2) is 101 Å². The van der Waals surface area contributed by atoms with Gasteiger partial charge in [0.15, 0.2) is 0 Å². The minimum absolute atomic E-state index is 0.0276. The Balaban J connectivity index is 3.36. The minimum Gasteiger partial charge on any atom is -0.480 e. The highest BCUT2D eigenvalue weighted by atomic mass is 16.5. The standard InChI is InChI=1S/C17H32N4O9/c18-13(17(25)26)1-2-15(23)20-3-5-27-8-10-30-12-16(24)21-4-6-28-7-9-29-11-14(19)22/h13H,1-12,18H2,(H2,19,22)(H,20,23)(H,21,24)(H,25,26)/t13-/m0/s1. The predicted molar refractivity (Wildman–Crippen MR) is 103 cm³/mol. The van der Waals surface area contributed by atoms with E-state index in [9.17, 15) is 19.2 Å².